The molecule has 2 aromatic rings. The van der Waals surface area contributed by atoms with Gasteiger partial charge in [-0.15, -0.1) is 0 Å². The molecule has 0 atom stereocenters. The molecule has 0 radical (unpaired) electrons. The second-order valence-electron chi connectivity index (χ2n) is 5.84. The number of hydrogen-bond donors (Lipinski definition) is 1. The number of rotatable bonds is 5. The Morgan fingerprint density at radius 3 is 2.78 bits per heavy atom. The van der Waals surface area contributed by atoms with Crippen LogP contribution in [0, 0.1) is 0 Å². The number of benzene rings is 1. The summed E-state index contributed by atoms with van der Waals surface area (Å²) in [6.07, 6.45) is 2.71. The van der Waals surface area contributed by atoms with Crippen molar-refractivity contribution in [2.24, 2.45) is 0 Å². The molecule has 0 aliphatic carbocycles. The van der Waals surface area contributed by atoms with Crippen molar-refractivity contribution in [3.05, 3.63) is 47.1 Å². The molecule has 1 aliphatic heterocycles. The fourth-order valence-corrected chi connectivity index (χ4v) is 2.87. The zero-order chi connectivity index (χ0) is 16.1. The number of halogens is 1. The Hall–Kier alpha value is -1.85. The Morgan fingerprint density at radius 2 is 2.00 bits per heavy atom. The van der Waals surface area contributed by atoms with Crippen molar-refractivity contribution in [2.75, 3.05) is 50.0 Å². The molecule has 0 saturated carbocycles. The highest BCUT2D eigenvalue weighted by atomic mass is 35.5. The first-order valence-corrected chi connectivity index (χ1v) is 8.33. The molecular formula is C17H22ClN5. The van der Waals surface area contributed by atoms with E-state index in [0.717, 1.165) is 50.0 Å². The van der Waals surface area contributed by atoms with Gasteiger partial charge in [0.05, 0.1) is 0 Å². The first-order chi connectivity index (χ1) is 11.2. The predicted octanol–water partition coefficient (Wildman–Crippen LogP) is 2.54. The van der Waals surface area contributed by atoms with Gasteiger partial charge in [0.2, 0.25) is 5.95 Å². The third kappa shape index (κ3) is 4.56. The average molecular weight is 332 g/mol. The smallest absolute Gasteiger partial charge is 0.224 e. The molecule has 5 nitrogen and oxygen atoms in total. The van der Waals surface area contributed by atoms with Crippen LogP contribution in [0.25, 0.3) is 0 Å². The predicted molar refractivity (Wildman–Crippen MR) is 95.4 cm³/mol. The molecule has 1 aromatic heterocycles. The highest BCUT2D eigenvalue weighted by molar-refractivity contribution is 6.30. The molecular weight excluding hydrogens is 310 g/mol. The lowest BCUT2D eigenvalue weighted by molar-refractivity contribution is 0.312. The van der Waals surface area contributed by atoms with E-state index in [0.29, 0.717) is 5.95 Å². The van der Waals surface area contributed by atoms with E-state index in [2.05, 4.69) is 38.2 Å². The number of hydrogen-bond acceptors (Lipinski definition) is 5. The third-order valence-electron chi connectivity index (χ3n) is 4.05. The van der Waals surface area contributed by atoms with Crippen LogP contribution in [0.15, 0.2) is 36.5 Å². The van der Waals surface area contributed by atoms with E-state index in [4.69, 9.17) is 11.6 Å². The van der Waals surface area contributed by atoms with Gasteiger partial charge in [-0.25, -0.2) is 4.98 Å². The molecule has 0 unspecified atom stereocenters. The molecule has 1 aliphatic rings. The number of nitrogens with zero attached hydrogens (tertiary/aromatic N) is 4. The Balaban J connectivity index is 1.55. The van der Waals surface area contributed by atoms with Crippen molar-refractivity contribution in [3.8, 4) is 0 Å². The van der Waals surface area contributed by atoms with Gasteiger partial charge < -0.3 is 15.1 Å². The second-order valence-corrected chi connectivity index (χ2v) is 6.27. The minimum Gasteiger partial charge on any atom is -0.354 e. The fourth-order valence-electron chi connectivity index (χ4n) is 2.66. The summed E-state index contributed by atoms with van der Waals surface area (Å²) in [6.45, 7) is 4.94. The first-order valence-electron chi connectivity index (χ1n) is 7.95. The molecule has 122 valence electrons. The molecule has 1 aromatic carbocycles. The van der Waals surface area contributed by atoms with Crippen molar-refractivity contribution in [1.29, 1.82) is 0 Å². The van der Waals surface area contributed by atoms with E-state index >= 15 is 0 Å². The second kappa shape index (κ2) is 7.62. The van der Waals surface area contributed by atoms with Crippen LogP contribution < -0.4 is 10.2 Å². The van der Waals surface area contributed by atoms with Gasteiger partial charge in [0.25, 0.3) is 0 Å². The lowest BCUT2D eigenvalue weighted by atomic mass is 10.1. The van der Waals surface area contributed by atoms with Gasteiger partial charge in [0.15, 0.2) is 0 Å². The Labute approximate surface area is 142 Å². The largest absolute Gasteiger partial charge is 0.354 e. The van der Waals surface area contributed by atoms with Gasteiger partial charge in [-0.2, -0.15) is 4.98 Å². The number of aromatic nitrogens is 2. The summed E-state index contributed by atoms with van der Waals surface area (Å²) in [5, 5.41) is 4.07. The van der Waals surface area contributed by atoms with Crippen molar-refractivity contribution >= 4 is 23.4 Å². The van der Waals surface area contributed by atoms with Crippen LogP contribution in [0.2, 0.25) is 5.02 Å². The minimum atomic E-state index is 0.684. The van der Waals surface area contributed by atoms with E-state index in [9.17, 15) is 0 Å². The fraction of sp³-hybridized carbons (Fsp3) is 0.412. The monoisotopic (exact) mass is 331 g/mol. The zero-order valence-electron chi connectivity index (χ0n) is 13.4. The van der Waals surface area contributed by atoms with Crippen molar-refractivity contribution in [2.45, 2.75) is 6.42 Å². The molecule has 1 N–H and O–H groups in total. The van der Waals surface area contributed by atoms with E-state index in [1.807, 2.05) is 30.5 Å². The third-order valence-corrected chi connectivity index (χ3v) is 4.29. The van der Waals surface area contributed by atoms with Crippen LogP contribution in [-0.4, -0.2) is 54.6 Å². The van der Waals surface area contributed by atoms with Crippen LogP contribution in [0.5, 0.6) is 0 Å². The molecule has 0 amide bonds. The normalized spacial score (nSPS) is 15.7. The van der Waals surface area contributed by atoms with Crippen LogP contribution in [0.3, 0.4) is 0 Å². The topological polar surface area (TPSA) is 44.3 Å². The summed E-state index contributed by atoms with van der Waals surface area (Å²) >= 11 is 6.00. The van der Waals surface area contributed by atoms with Crippen LogP contribution in [-0.2, 0) is 6.42 Å². The van der Waals surface area contributed by atoms with Gasteiger partial charge in [0.1, 0.15) is 5.82 Å². The van der Waals surface area contributed by atoms with Gasteiger partial charge in [-0.3, -0.25) is 0 Å². The summed E-state index contributed by atoms with van der Waals surface area (Å²) in [5.74, 6) is 1.68. The summed E-state index contributed by atoms with van der Waals surface area (Å²) in [4.78, 5) is 13.6. The Kier molecular flexibility index (Phi) is 5.31. The zero-order valence-corrected chi connectivity index (χ0v) is 14.1. The maximum absolute atomic E-state index is 6.00. The van der Waals surface area contributed by atoms with Gasteiger partial charge in [0, 0.05) is 43.9 Å². The van der Waals surface area contributed by atoms with Crippen LogP contribution >= 0.6 is 11.6 Å². The lowest BCUT2D eigenvalue weighted by Crippen LogP contribution is -2.44. The summed E-state index contributed by atoms with van der Waals surface area (Å²) in [7, 11) is 2.15. The molecule has 2 heterocycles. The summed E-state index contributed by atoms with van der Waals surface area (Å²) < 4.78 is 0. The molecule has 1 saturated heterocycles. The highest BCUT2D eigenvalue weighted by Crippen LogP contribution is 2.15. The first kappa shape index (κ1) is 16.0. The molecule has 6 heteroatoms. The van der Waals surface area contributed by atoms with Crippen molar-refractivity contribution in [3.63, 3.8) is 0 Å². The standard InChI is InChI=1S/C17H22ClN5/c1-22-9-11-23(12-10-22)16-6-8-20-17(21-16)19-7-5-14-3-2-4-15(18)13-14/h2-4,6,8,13H,5,7,9-12H2,1H3,(H,19,20,21). The maximum Gasteiger partial charge on any atom is 0.224 e. The maximum atomic E-state index is 6.00. The lowest BCUT2D eigenvalue weighted by Gasteiger charge is -2.33. The molecule has 0 bridgehead atoms. The number of anilines is 2. The minimum absolute atomic E-state index is 0.684. The van der Waals surface area contributed by atoms with E-state index in [1.54, 1.807) is 0 Å². The van der Waals surface area contributed by atoms with Gasteiger partial charge in [-0.05, 0) is 37.2 Å². The van der Waals surface area contributed by atoms with Gasteiger partial charge in [-0.1, -0.05) is 23.7 Å². The van der Waals surface area contributed by atoms with E-state index in [-0.39, 0.29) is 0 Å². The van der Waals surface area contributed by atoms with Crippen molar-refractivity contribution < 1.29 is 0 Å². The van der Waals surface area contributed by atoms with E-state index in [1.165, 1.54) is 5.56 Å². The average Bonchev–Trinajstić information content (AvgIpc) is 2.56. The molecule has 1 fully saturated rings. The number of likely N-dealkylation sites (N-methyl/N-ethyl adjacent to an activating group) is 1. The summed E-state index contributed by atoms with van der Waals surface area (Å²) in [5.41, 5.74) is 1.21. The Bertz CT molecular complexity index is 640. The SMILES string of the molecule is CN1CCN(c2ccnc(NCCc3cccc(Cl)c3)n2)CC1. The van der Waals surface area contributed by atoms with Gasteiger partial charge >= 0.3 is 0 Å². The quantitative estimate of drug-likeness (QED) is 0.912. The molecule has 3 rings (SSSR count). The summed E-state index contributed by atoms with van der Waals surface area (Å²) in [6, 6.07) is 9.91. The van der Waals surface area contributed by atoms with Crippen molar-refractivity contribution in [1.82, 2.24) is 14.9 Å². The molecule has 0 spiro atoms. The highest BCUT2D eigenvalue weighted by Gasteiger charge is 2.15. The van der Waals surface area contributed by atoms with Crippen LogP contribution in [0.4, 0.5) is 11.8 Å². The number of nitrogens with one attached hydrogen (secondary N) is 1. The Morgan fingerprint density at radius 1 is 1.17 bits per heavy atom. The van der Waals surface area contributed by atoms with E-state index < -0.39 is 0 Å². The molecule has 23 heavy (non-hydrogen) atoms. The van der Waals surface area contributed by atoms with Crippen LogP contribution in [0.1, 0.15) is 5.56 Å². The number of piperazine rings is 1.